The lowest BCUT2D eigenvalue weighted by Crippen LogP contribution is -2.31. The first-order valence-electron chi connectivity index (χ1n) is 6.37. The number of carbonyl (C=O) groups is 1. The molecule has 0 bridgehead atoms. The molecule has 1 aromatic rings. The monoisotopic (exact) mass is 250 g/mol. The smallest absolute Gasteiger partial charge is 0.225 e. The van der Waals surface area contributed by atoms with E-state index in [0.717, 1.165) is 11.3 Å². The van der Waals surface area contributed by atoms with Crippen molar-refractivity contribution in [1.82, 2.24) is 4.90 Å². The fourth-order valence-corrected chi connectivity index (χ4v) is 1.68. The Labute approximate surface area is 109 Å². The molecule has 0 spiro atoms. The molecular formula is C14H22N2O2. The number of benzene rings is 1. The van der Waals surface area contributed by atoms with Crippen LogP contribution in [0.5, 0.6) is 0 Å². The predicted octanol–water partition coefficient (Wildman–Crippen LogP) is 2.04. The number of rotatable bonds is 7. The third-order valence-corrected chi connectivity index (χ3v) is 2.75. The van der Waals surface area contributed by atoms with Crippen LogP contribution < -0.4 is 5.73 Å². The van der Waals surface area contributed by atoms with Crippen molar-refractivity contribution in [3.05, 3.63) is 29.8 Å². The molecule has 1 amide bonds. The number of hydrogen-bond acceptors (Lipinski definition) is 3. The highest BCUT2D eigenvalue weighted by Gasteiger charge is 2.11. The summed E-state index contributed by atoms with van der Waals surface area (Å²) in [6.45, 7) is 6.38. The lowest BCUT2D eigenvalue weighted by molar-refractivity contribution is -0.132. The molecule has 0 heterocycles. The number of nitrogen functional groups attached to an aromatic ring is 1. The zero-order valence-corrected chi connectivity index (χ0v) is 11.2. The van der Waals surface area contributed by atoms with Gasteiger partial charge in [0.15, 0.2) is 0 Å². The Kier molecular flexibility index (Phi) is 6.22. The van der Waals surface area contributed by atoms with Crippen molar-refractivity contribution >= 4 is 11.6 Å². The largest absolute Gasteiger partial charge is 0.399 e. The van der Waals surface area contributed by atoms with Crippen LogP contribution in [0.3, 0.4) is 0 Å². The van der Waals surface area contributed by atoms with E-state index in [-0.39, 0.29) is 5.91 Å². The van der Waals surface area contributed by atoms with E-state index in [9.17, 15) is 4.79 Å². The Morgan fingerprint density at radius 3 is 2.50 bits per heavy atom. The van der Waals surface area contributed by atoms with Gasteiger partial charge in [-0.1, -0.05) is 12.1 Å². The van der Waals surface area contributed by atoms with E-state index >= 15 is 0 Å². The van der Waals surface area contributed by atoms with Gasteiger partial charge in [0.1, 0.15) is 0 Å². The molecule has 1 rings (SSSR count). The van der Waals surface area contributed by atoms with Gasteiger partial charge in [0, 0.05) is 25.4 Å². The molecule has 1 aromatic carbocycles. The molecule has 0 radical (unpaired) electrons. The highest BCUT2D eigenvalue weighted by molar-refractivity contribution is 5.76. The second-order valence-electron chi connectivity index (χ2n) is 4.10. The van der Waals surface area contributed by atoms with Gasteiger partial charge in [-0.2, -0.15) is 0 Å². The van der Waals surface area contributed by atoms with Gasteiger partial charge in [-0.25, -0.2) is 0 Å². The van der Waals surface area contributed by atoms with Crippen LogP contribution >= 0.6 is 0 Å². The number of anilines is 1. The maximum absolute atomic E-state index is 11.9. The molecule has 4 nitrogen and oxygen atoms in total. The molecule has 0 fully saturated rings. The first-order chi connectivity index (χ1) is 8.67. The maximum atomic E-state index is 11.9. The average molecular weight is 250 g/mol. The van der Waals surface area contributed by atoms with Crippen LogP contribution in [0.1, 0.15) is 25.8 Å². The molecule has 100 valence electrons. The van der Waals surface area contributed by atoms with Crippen LogP contribution in [0.15, 0.2) is 24.3 Å². The van der Waals surface area contributed by atoms with Gasteiger partial charge in [0.2, 0.25) is 5.91 Å². The highest BCUT2D eigenvalue weighted by Crippen LogP contribution is 2.09. The topological polar surface area (TPSA) is 55.6 Å². The molecule has 18 heavy (non-hydrogen) atoms. The van der Waals surface area contributed by atoms with Gasteiger partial charge in [-0.15, -0.1) is 0 Å². The standard InChI is InChI=1S/C14H22N2O2/c1-3-16(14(17)9-10-18-4-2)11-12-5-7-13(15)8-6-12/h5-8H,3-4,9-11,15H2,1-2H3. The normalized spacial score (nSPS) is 10.3. The molecule has 0 saturated carbocycles. The SMILES string of the molecule is CCOCCC(=O)N(CC)Cc1ccc(N)cc1. The van der Waals surface area contributed by atoms with Crippen LogP contribution in [0, 0.1) is 0 Å². The van der Waals surface area contributed by atoms with Crippen molar-refractivity contribution in [3.8, 4) is 0 Å². The molecular weight excluding hydrogens is 228 g/mol. The van der Waals surface area contributed by atoms with Crippen molar-refractivity contribution in [2.24, 2.45) is 0 Å². The van der Waals surface area contributed by atoms with Gasteiger partial charge in [0.25, 0.3) is 0 Å². The summed E-state index contributed by atoms with van der Waals surface area (Å²) >= 11 is 0. The summed E-state index contributed by atoms with van der Waals surface area (Å²) in [5, 5.41) is 0. The Bertz CT molecular complexity index is 363. The summed E-state index contributed by atoms with van der Waals surface area (Å²) in [7, 11) is 0. The Morgan fingerprint density at radius 1 is 1.28 bits per heavy atom. The number of nitrogens with two attached hydrogens (primary N) is 1. The zero-order valence-electron chi connectivity index (χ0n) is 11.2. The van der Waals surface area contributed by atoms with Crippen LogP contribution in [0.4, 0.5) is 5.69 Å². The molecule has 0 aromatic heterocycles. The van der Waals surface area contributed by atoms with E-state index in [1.807, 2.05) is 43.0 Å². The molecule has 0 aliphatic carbocycles. The number of hydrogen-bond donors (Lipinski definition) is 1. The summed E-state index contributed by atoms with van der Waals surface area (Å²) in [4.78, 5) is 13.8. The second kappa shape index (κ2) is 7.71. The summed E-state index contributed by atoms with van der Waals surface area (Å²) in [5.74, 6) is 0.128. The van der Waals surface area contributed by atoms with Crippen molar-refractivity contribution in [2.45, 2.75) is 26.8 Å². The number of amides is 1. The fourth-order valence-electron chi connectivity index (χ4n) is 1.68. The Morgan fingerprint density at radius 2 is 1.94 bits per heavy atom. The Balaban J connectivity index is 2.50. The summed E-state index contributed by atoms with van der Waals surface area (Å²) in [6.07, 6.45) is 0.441. The quantitative estimate of drug-likeness (QED) is 0.595. The van der Waals surface area contributed by atoms with Crippen LogP contribution in [-0.2, 0) is 16.1 Å². The number of carbonyl (C=O) groups excluding carboxylic acids is 1. The van der Waals surface area contributed by atoms with E-state index in [4.69, 9.17) is 10.5 Å². The summed E-state index contributed by atoms with van der Waals surface area (Å²) in [5.41, 5.74) is 7.47. The van der Waals surface area contributed by atoms with E-state index < -0.39 is 0 Å². The minimum Gasteiger partial charge on any atom is -0.399 e. The fraction of sp³-hybridized carbons (Fsp3) is 0.500. The molecule has 0 unspecified atom stereocenters. The summed E-state index contributed by atoms with van der Waals surface area (Å²) in [6, 6.07) is 7.61. The lowest BCUT2D eigenvalue weighted by Gasteiger charge is -2.21. The van der Waals surface area contributed by atoms with Crippen LogP contribution in [0.2, 0.25) is 0 Å². The van der Waals surface area contributed by atoms with E-state index in [0.29, 0.717) is 32.7 Å². The number of nitrogens with zero attached hydrogens (tertiary/aromatic N) is 1. The van der Waals surface area contributed by atoms with Gasteiger partial charge in [-0.3, -0.25) is 4.79 Å². The van der Waals surface area contributed by atoms with Gasteiger partial charge in [0.05, 0.1) is 13.0 Å². The van der Waals surface area contributed by atoms with Gasteiger partial charge in [-0.05, 0) is 31.5 Å². The van der Waals surface area contributed by atoms with E-state index in [1.54, 1.807) is 0 Å². The van der Waals surface area contributed by atoms with E-state index in [2.05, 4.69) is 0 Å². The first-order valence-corrected chi connectivity index (χ1v) is 6.37. The zero-order chi connectivity index (χ0) is 13.4. The van der Waals surface area contributed by atoms with Crippen LogP contribution in [-0.4, -0.2) is 30.6 Å². The van der Waals surface area contributed by atoms with E-state index in [1.165, 1.54) is 0 Å². The summed E-state index contributed by atoms with van der Waals surface area (Å²) < 4.78 is 5.20. The van der Waals surface area contributed by atoms with Gasteiger partial charge < -0.3 is 15.4 Å². The van der Waals surface area contributed by atoms with Crippen molar-refractivity contribution in [2.75, 3.05) is 25.5 Å². The molecule has 0 aliphatic heterocycles. The second-order valence-corrected chi connectivity index (χ2v) is 4.10. The van der Waals surface area contributed by atoms with Crippen LogP contribution in [0.25, 0.3) is 0 Å². The molecule has 0 aliphatic rings. The minimum atomic E-state index is 0.128. The third-order valence-electron chi connectivity index (χ3n) is 2.75. The molecule has 0 saturated heterocycles. The van der Waals surface area contributed by atoms with Gasteiger partial charge >= 0.3 is 0 Å². The molecule has 4 heteroatoms. The van der Waals surface area contributed by atoms with Crippen molar-refractivity contribution < 1.29 is 9.53 Å². The number of ether oxygens (including phenoxy) is 1. The Hall–Kier alpha value is -1.55. The maximum Gasteiger partial charge on any atom is 0.225 e. The van der Waals surface area contributed by atoms with Crippen molar-refractivity contribution in [1.29, 1.82) is 0 Å². The third kappa shape index (κ3) is 4.75. The van der Waals surface area contributed by atoms with Crippen molar-refractivity contribution in [3.63, 3.8) is 0 Å². The average Bonchev–Trinajstić information content (AvgIpc) is 2.38. The molecule has 2 N–H and O–H groups in total. The predicted molar refractivity (Wildman–Crippen MR) is 73.1 cm³/mol. The minimum absolute atomic E-state index is 0.128. The highest BCUT2D eigenvalue weighted by atomic mass is 16.5. The first kappa shape index (κ1) is 14.5. The molecule has 0 atom stereocenters. The lowest BCUT2D eigenvalue weighted by atomic mass is 10.2.